The Morgan fingerprint density at radius 2 is 2.12 bits per heavy atom. The monoisotopic (exact) mass is 296 g/mol. The first-order valence-electron chi connectivity index (χ1n) is 4.81. The molecule has 0 saturated heterocycles. The highest BCUT2D eigenvalue weighted by Gasteiger charge is 2.25. The van der Waals surface area contributed by atoms with E-state index < -0.39 is 12.6 Å². The highest BCUT2D eigenvalue weighted by molar-refractivity contribution is 9.10. The van der Waals surface area contributed by atoms with Gasteiger partial charge in [-0.15, -0.1) is 0 Å². The second kappa shape index (κ2) is 5.52. The van der Waals surface area contributed by atoms with E-state index in [0.717, 1.165) is 10.0 Å². The van der Waals surface area contributed by atoms with Crippen LogP contribution in [0, 0.1) is 6.92 Å². The Labute approximate surface area is 100 Å². The molecule has 0 aromatic carbocycles. The summed E-state index contributed by atoms with van der Waals surface area (Å²) in [5, 5.41) is 2.85. The first-order valence-corrected chi connectivity index (χ1v) is 5.60. The first-order chi connectivity index (χ1) is 7.38. The average Bonchev–Trinajstić information content (AvgIpc) is 2.13. The van der Waals surface area contributed by atoms with Crippen LogP contribution in [-0.2, 0) is 0 Å². The van der Waals surface area contributed by atoms with Crippen molar-refractivity contribution in [1.29, 1.82) is 0 Å². The molecule has 0 aliphatic heterocycles. The standard InChI is InChI=1S/C10H12BrF3N2/c1-7-5-8(11)9(16-6-7)15-4-2-3-10(12,13)14/h5-6H,2-4H2,1H3,(H,15,16). The topological polar surface area (TPSA) is 24.9 Å². The minimum atomic E-state index is -4.08. The molecule has 0 aliphatic rings. The van der Waals surface area contributed by atoms with Crippen LogP contribution in [-0.4, -0.2) is 17.7 Å². The van der Waals surface area contributed by atoms with E-state index in [4.69, 9.17) is 0 Å². The summed E-state index contributed by atoms with van der Waals surface area (Å²) in [5.74, 6) is 0.577. The fraction of sp³-hybridized carbons (Fsp3) is 0.500. The highest BCUT2D eigenvalue weighted by Crippen LogP contribution is 2.23. The zero-order valence-electron chi connectivity index (χ0n) is 8.74. The van der Waals surface area contributed by atoms with Crippen molar-refractivity contribution in [2.45, 2.75) is 25.9 Å². The van der Waals surface area contributed by atoms with Gasteiger partial charge in [-0.2, -0.15) is 13.2 Å². The molecule has 1 N–H and O–H groups in total. The molecule has 0 amide bonds. The summed E-state index contributed by atoms with van der Waals surface area (Å²) in [4.78, 5) is 4.07. The number of hydrogen-bond acceptors (Lipinski definition) is 2. The van der Waals surface area contributed by atoms with Gasteiger partial charge in [-0.3, -0.25) is 0 Å². The number of aryl methyl sites for hydroxylation is 1. The van der Waals surface area contributed by atoms with Gasteiger partial charge in [0.25, 0.3) is 0 Å². The zero-order valence-corrected chi connectivity index (χ0v) is 10.3. The minimum absolute atomic E-state index is 0.0471. The van der Waals surface area contributed by atoms with Crippen LogP contribution in [0.25, 0.3) is 0 Å². The third kappa shape index (κ3) is 4.83. The van der Waals surface area contributed by atoms with Gasteiger partial charge in [-0.25, -0.2) is 4.98 Å². The molecule has 0 spiro atoms. The van der Waals surface area contributed by atoms with Gasteiger partial charge in [0.1, 0.15) is 5.82 Å². The van der Waals surface area contributed by atoms with Crippen LogP contribution in [0.2, 0.25) is 0 Å². The molecule has 6 heteroatoms. The average molecular weight is 297 g/mol. The minimum Gasteiger partial charge on any atom is -0.369 e. The van der Waals surface area contributed by atoms with Crippen LogP contribution in [0.3, 0.4) is 0 Å². The Kier molecular flexibility index (Phi) is 4.58. The summed E-state index contributed by atoms with van der Waals surface area (Å²) in [6.07, 6.45) is -3.15. The van der Waals surface area contributed by atoms with Crippen molar-refractivity contribution in [3.05, 3.63) is 22.3 Å². The summed E-state index contributed by atoms with van der Waals surface area (Å²) in [5.41, 5.74) is 0.993. The molecule has 1 aromatic rings. The molecule has 0 atom stereocenters. The molecule has 16 heavy (non-hydrogen) atoms. The molecule has 0 radical (unpaired) electrons. The number of nitrogens with zero attached hydrogens (tertiary/aromatic N) is 1. The van der Waals surface area contributed by atoms with Gasteiger partial charge < -0.3 is 5.32 Å². The van der Waals surface area contributed by atoms with Crippen LogP contribution < -0.4 is 5.32 Å². The van der Waals surface area contributed by atoms with Crippen LogP contribution in [0.5, 0.6) is 0 Å². The fourth-order valence-electron chi connectivity index (χ4n) is 1.16. The van der Waals surface area contributed by atoms with E-state index in [1.165, 1.54) is 0 Å². The van der Waals surface area contributed by atoms with Gasteiger partial charge in [0, 0.05) is 19.2 Å². The van der Waals surface area contributed by atoms with Crippen molar-refractivity contribution in [2.24, 2.45) is 0 Å². The Balaban J connectivity index is 2.38. The second-order valence-electron chi connectivity index (χ2n) is 3.49. The predicted molar refractivity (Wildman–Crippen MR) is 60.5 cm³/mol. The van der Waals surface area contributed by atoms with E-state index in [0.29, 0.717) is 5.82 Å². The fourth-order valence-corrected chi connectivity index (χ4v) is 1.76. The number of hydrogen-bond donors (Lipinski definition) is 1. The van der Waals surface area contributed by atoms with Crippen LogP contribution >= 0.6 is 15.9 Å². The van der Waals surface area contributed by atoms with Gasteiger partial charge in [0.15, 0.2) is 0 Å². The number of pyridine rings is 1. The van der Waals surface area contributed by atoms with Gasteiger partial charge in [0.05, 0.1) is 4.47 Å². The lowest BCUT2D eigenvalue weighted by molar-refractivity contribution is -0.134. The SMILES string of the molecule is Cc1cnc(NCCCC(F)(F)F)c(Br)c1. The molecule has 1 heterocycles. The molecule has 2 nitrogen and oxygen atoms in total. The largest absolute Gasteiger partial charge is 0.389 e. The molecule has 0 unspecified atom stereocenters. The van der Waals surface area contributed by atoms with Crippen molar-refractivity contribution in [3.63, 3.8) is 0 Å². The quantitative estimate of drug-likeness (QED) is 0.852. The van der Waals surface area contributed by atoms with Crippen molar-refractivity contribution in [1.82, 2.24) is 4.98 Å². The van der Waals surface area contributed by atoms with E-state index in [9.17, 15) is 13.2 Å². The number of alkyl halides is 3. The number of nitrogens with one attached hydrogen (secondary N) is 1. The van der Waals surface area contributed by atoms with Crippen molar-refractivity contribution < 1.29 is 13.2 Å². The number of halogens is 4. The zero-order chi connectivity index (χ0) is 12.2. The van der Waals surface area contributed by atoms with E-state index >= 15 is 0 Å². The maximum atomic E-state index is 11.9. The molecule has 0 bridgehead atoms. The lowest BCUT2D eigenvalue weighted by Gasteiger charge is -2.09. The molecular formula is C10H12BrF3N2. The van der Waals surface area contributed by atoms with Crippen molar-refractivity contribution in [3.8, 4) is 0 Å². The summed E-state index contributed by atoms with van der Waals surface area (Å²) >= 11 is 3.29. The second-order valence-corrected chi connectivity index (χ2v) is 4.34. The summed E-state index contributed by atoms with van der Waals surface area (Å²) in [6.45, 7) is 2.15. The predicted octanol–water partition coefficient (Wildman–Crippen LogP) is 3.91. The molecule has 0 aliphatic carbocycles. The van der Waals surface area contributed by atoms with Crippen molar-refractivity contribution >= 4 is 21.7 Å². The Bertz CT molecular complexity index is 352. The molecule has 0 saturated carbocycles. The maximum Gasteiger partial charge on any atom is 0.389 e. The van der Waals surface area contributed by atoms with Gasteiger partial charge in [-0.05, 0) is 40.9 Å². The van der Waals surface area contributed by atoms with E-state index in [1.54, 1.807) is 6.20 Å². The third-order valence-corrected chi connectivity index (χ3v) is 2.51. The van der Waals surface area contributed by atoms with Crippen LogP contribution in [0.4, 0.5) is 19.0 Å². The summed E-state index contributed by atoms with van der Waals surface area (Å²) < 4.78 is 36.3. The van der Waals surface area contributed by atoms with Gasteiger partial charge in [-0.1, -0.05) is 0 Å². The summed E-state index contributed by atoms with van der Waals surface area (Å²) in [7, 11) is 0. The molecule has 0 fully saturated rings. The van der Waals surface area contributed by atoms with E-state index in [1.807, 2.05) is 13.0 Å². The Morgan fingerprint density at radius 3 is 2.69 bits per heavy atom. The highest BCUT2D eigenvalue weighted by atomic mass is 79.9. The van der Waals surface area contributed by atoms with Crippen LogP contribution in [0.15, 0.2) is 16.7 Å². The van der Waals surface area contributed by atoms with Crippen LogP contribution in [0.1, 0.15) is 18.4 Å². The lowest BCUT2D eigenvalue weighted by atomic mass is 10.3. The smallest absolute Gasteiger partial charge is 0.369 e. The summed E-state index contributed by atoms with van der Waals surface area (Å²) in [6, 6.07) is 1.86. The Morgan fingerprint density at radius 1 is 1.44 bits per heavy atom. The number of rotatable bonds is 4. The normalized spacial score (nSPS) is 11.6. The molecule has 1 aromatic heterocycles. The third-order valence-electron chi connectivity index (χ3n) is 1.91. The van der Waals surface area contributed by atoms with E-state index in [-0.39, 0.29) is 13.0 Å². The van der Waals surface area contributed by atoms with E-state index in [2.05, 4.69) is 26.2 Å². The van der Waals surface area contributed by atoms with Gasteiger partial charge in [0.2, 0.25) is 0 Å². The van der Waals surface area contributed by atoms with Gasteiger partial charge >= 0.3 is 6.18 Å². The lowest BCUT2D eigenvalue weighted by Crippen LogP contribution is -2.11. The maximum absolute atomic E-state index is 11.9. The van der Waals surface area contributed by atoms with Crippen molar-refractivity contribution in [2.75, 3.05) is 11.9 Å². The first kappa shape index (κ1) is 13.3. The molecule has 90 valence electrons. The molecule has 1 rings (SSSR count). The Hall–Kier alpha value is -0.780. The number of anilines is 1. The molecular weight excluding hydrogens is 285 g/mol. The number of aromatic nitrogens is 1.